The molecular formula is C15H17NO4. The fourth-order valence-electron chi connectivity index (χ4n) is 2.42. The highest BCUT2D eigenvalue weighted by Gasteiger charge is 2.28. The van der Waals surface area contributed by atoms with Gasteiger partial charge in [0.1, 0.15) is 5.78 Å². The van der Waals surface area contributed by atoms with Crippen molar-refractivity contribution in [2.24, 2.45) is 5.92 Å². The van der Waals surface area contributed by atoms with Gasteiger partial charge in [0.05, 0.1) is 6.42 Å². The fourth-order valence-corrected chi connectivity index (χ4v) is 2.42. The number of ketones is 2. The number of likely N-dealkylation sites (tertiary alicyclic amines) is 1. The van der Waals surface area contributed by atoms with E-state index in [2.05, 4.69) is 0 Å². The largest absolute Gasteiger partial charge is 0.465 e. The van der Waals surface area contributed by atoms with Crippen LogP contribution in [-0.2, 0) is 4.79 Å². The van der Waals surface area contributed by atoms with Crippen molar-refractivity contribution in [2.75, 3.05) is 13.1 Å². The van der Waals surface area contributed by atoms with Gasteiger partial charge in [0.15, 0.2) is 5.78 Å². The van der Waals surface area contributed by atoms with E-state index < -0.39 is 6.09 Å². The summed E-state index contributed by atoms with van der Waals surface area (Å²) in [5.41, 5.74) is 0.545. The van der Waals surface area contributed by atoms with Crippen LogP contribution in [0.25, 0.3) is 0 Å². The van der Waals surface area contributed by atoms with Crippen LogP contribution in [0, 0.1) is 5.92 Å². The van der Waals surface area contributed by atoms with E-state index in [1.54, 1.807) is 24.3 Å². The molecule has 0 saturated carbocycles. The summed E-state index contributed by atoms with van der Waals surface area (Å²) in [7, 11) is 0. The van der Waals surface area contributed by atoms with Crippen molar-refractivity contribution < 1.29 is 19.5 Å². The van der Waals surface area contributed by atoms with Crippen LogP contribution < -0.4 is 0 Å². The molecule has 0 atom stereocenters. The molecular weight excluding hydrogens is 258 g/mol. The third kappa shape index (κ3) is 3.44. The van der Waals surface area contributed by atoms with E-state index in [9.17, 15) is 14.4 Å². The van der Waals surface area contributed by atoms with E-state index in [1.165, 1.54) is 4.90 Å². The monoisotopic (exact) mass is 275 g/mol. The molecule has 5 nitrogen and oxygen atoms in total. The summed E-state index contributed by atoms with van der Waals surface area (Å²) in [6.45, 7) is 0.733. The molecule has 1 N–H and O–H groups in total. The molecule has 1 amide bonds. The van der Waals surface area contributed by atoms with Gasteiger partial charge in [-0.1, -0.05) is 30.3 Å². The van der Waals surface area contributed by atoms with Crippen LogP contribution in [0.4, 0.5) is 4.79 Å². The van der Waals surface area contributed by atoms with Crippen molar-refractivity contribution in [3.63, 3.8) is 0 Å². The Morgan fingerprint density at radius 2 is 1.70 bits per heavy atom. The molecule has 0 bridgehead atoms. The zero-order valence-corrected chi connectivity index (χ0v) is 11.1. The number of hydrogen-bond acceptors (Lipinski definition) is 3. The molecule has 1 aliphatic heterocycles. The van der Waals surface area contributed by atoms with E-state index in [1.807, 2.05) is 6.07 Å². The van der Waals surface area contributed by atoms with Gasteiger partial charge in [-0.25, -0.2) is 4.79 Å². The molecule has 2 rings (SSSR count). The number of carbonyl (C=O) groups is 3. The van der Waals surface area contributed by atoms with E-state index in [4.69, 9.17) is 5.11 Å². The Bertz CT molecular complexity index is 504. The van der Waals surface area contributed by atoms with Crippen molar-refractivity contribution in [1.82, 2.24) is 4.90 Å². The SMILES string of the molecule is O=C(CC(=O)C1CCN(C(=O)O)CC1)c1ccccc1. The Kier molecular flexibility index (Phi) is 4.50. The van der Waals surface area contributed by atoms with Crippen LogP contribution in [0.3, 0.4) is 0 Å². The van der Waals surface area contributed by atoms with E-state index in [0.717, 1.165) is 0 Å². The summed E-state index contributed by atoms with van der Waals surface area (Å²) in [5, 5.41) is 8.84. The summed E-state index contributed by atoms with van der Waals surface area (Å²) >= 11 is 0. The van der Waals surface area contributed by atoms with Crippen molar-refractivity contribution in [2.45, 2.75) is 19.3 Å². The number of benzene rings is 1. The third-order valence-electron chi connectivity index (χ3n) is 3.65. The number of piperidine rings is 1. The zero-order valence-electron chi connectivity index (χ0n) is 11.1. The van der Waals surface area contributed by atoms with Crippen molar-refractivity contribution in [3.8, 4) is 0 Å². The molecule has 0 aromatic heterocycles. The van der Waals surface area contributed by atoms with Crippen molar-refractivity contribution in [1.29, 1.82) is 0 Å². The van der Waals surface area contributed by atoms with Crippen LogP contribution in [-0.4, -0.2) is 40.8 Å². The second-order valence-electron chi connectivity index (χ2n) is 4.98. The highest BCUT2D eigenvalue weighted by Crippen LogP contribution is 2.20. The predicted molar refractivity (Wildman–Crippen MR) is 72.7 cm³/mol. The maximum Gasteiger partial charge on any atom is 0.407 e. The smallest absolute Gasteiger partial charge is 0.407 e. The van der Waals surface area contributed by atoms with Crippen LogP contribution in [0.5, 0.6) is 0 Å². The summed E-state index contributed by atoms with van der Waals surface area (Å²) in [5.74, 6) is -0.446. The number of amides is 1. The molecule has 106 valence electrons. The minimum atomic E-state index is -0.948. The minimum absolute atomic E-state index is 0.0797. The Morgan fingerprint density at radius 3 is 2.25 bits per heavy atom. The Labute approximate surface area is 117 Å². The zero-order chi connectivity index (χ0) is 14.5. The van der Waals surface area contributed by atoms with Gasteiger partial charge in [0.25, 0.3) is 0 Å². The third-order valence-corrected chi connectivity index (χ3v) is 3.65. The number of rotatable bonds is 4. The van der Waals surface area contributed by atoms with E-state index in [-0.39, 0.29) is 23.9 Å². The van der Waals surface area contributed by atoms with Crippen molar-refractivity contribution in [3.05, 3.63) is 35.9 Å². The quantitative estimate of drug-likeness (QED) is 0.675. The van der Waals surface area contributed by atoms with Gasteiger partial charge in [-0.2, -0.15) is 0 Å². The Balaban J connectivity index is 1.87. The lowest BCUT2D eigenvalue weighted by Gasteiger charge is -2.29. The van der Waals surface area contributed by atoms with E-state index >= 15 is 0 Å². The van der Waals surface area contributed by atoms with Gasteiger partial charge < -0.3 is 10.0 Å². The van der Waals surface area contributed by atoms with E-state index in [0.29, 0.717) is 31.5 Å². The lowest BCUT2D eigenvalue weighted by molar-refractivity contribution is -0.123. The van der Waals surface area contributed by atoms with Gasteiger partial charge in [-0.05, 0) is 12.8 Å². The number of nitrogens with zero attached hydrogens (tertiary/aromatic N) is 1. The number of Topliss-reactive ketones (excluding diaryl/α,β-unsaturated/α-hetero) is 2. The molecule has 1 fully saturated rings. The van der Waals surface area contributed by atoms with Crippen LogP contribution in [0.15, 0.2) is 30.3 Å². The molecule has 1 saturated heterocycles. The second-order valence-corrected chi connectivity index (χ2v) is 4.98. The number of hydrogen-bond donors (Lipinski definition) is 1. The molecule has 5 heteroatoms. The first-order chi connectivity index (χ1) is 9.58. The normalized spacial score (nSPS) is 15.9. The molecule has 1 aliphatic rings. The van der Waals surface area contributed by atoms with Crippen LogP contribution in [0.1, 0.15) is 29.6 Å². The van der Waals surface area contributed by atoms with Crippen LogP contribution in [0.2, 0.25) is 0 Å². The summed E-state index contributed by atoms with van der Waals surface area (Å²) in [6.07, 6.45) is -0.0291. The second kappa shape index (κ2) is 6.32. The lowest BCUT2D eigenvalue weighted by Crippen LogP contribution is -2.39. The highest BCUT2D eigenvalue weighted by molar-refractivity contribution is 6.08. The fraction of sp³-hybridized carbons (Fsp3) is 0.400. The number of carbonyl (C=O) groups excluding carboxylic acids is 2. The molecule has 1 aromatic rings. The molecule has 1 heterocycles. The van der Waals surface area contributed by atoms with Gasteiger partial charge in [0.2, 0.25) is 0 Å². The molecule has 1 aromatic carbocycles. The molecule has 0 spiro atoms. The first kappa shape index (κ1) is 14.2. The first-order valence-electron chi connectivity index (χ1n) is 6.67. The Hall–Kier alpha value is -2.17. The van der Waals surface area contributed by atoms with Crippen LogP contribution >= 0.6 is 0 Å². The average Bonchev–Trinajstić information content (AvgIpc) is 2.48. The van der Waals surface area contributed by atoms with Crippen molar-refractivity contribution >= 4 is 17.7 Å². The molecule has 0 radical (unpaired) electrons. The number of carboxylic acid groups (broad SMARTS) is 1. The summed E-state index contributed by atoms with van der Waals surface area (Å²) in [6, 6.07) is 8.75. The van der Waals surface area contributed by atoms with Gasteiger partial charge in [-0.3, -0.25) is 9.59 Å². The highest BCUT2D eigenvalue weighted by atomic mass is 16.4. The first-order valence-corrected chi connectivity index (χ1v) is 6.67. The topological polar surface area (TPSA) is 74.7 Å². The Morgan fingerprint density at radius 1 is 1.10 bits per heavy atom. The minimum Gasteiger partial charge on any atom is -0.465 e. The molecule has 20 heavy (non-hydrogen) atoms. The maximum atomic E-state index is 12.1. The van der Waals surface area contributed by atoms with Gasteiger partial charge in [-0.15, -0.1) is 0 Å². The molecule has 0 aliphatic carbocycles. The standard InChI is InChI=1S/C15H17NO4/c17-13(11-4-2-1-3-5-11)10-14(18)12-6-8-16(9-7-12)15(19)20/h1-5,12H,6-10H2,(H,19,20). The predicted octanol–water partition coefficient (Wildman–Crippen LogP) is 2.22. The lowest BCUT2D eigenvalue weighted by atomic mass is 9.89. The van der Waals surface area contributed by atoms with Gasteiger partial charge in [0, 0.05) is 24.6 Å². The summed E-state index contributed by atoms with van der Waals surface area (Å²) in [4.78, 5) is 36.1. The average molecular weight is 275 g/mol. The summed E-state index contributed by atoms with van der Waals surface area (Å²) < 4.78 is 0. The van der Waals surface area contributed by atoms with Gasteiger partial charge >= 0.3 is 6.09 Å². The molecule has 0 unspecified atom stereocenters. The maximum absolute atomic E-state index is 12.1.